The van der Waals surface area contributed by atoms with Gasteiger partial charge in [-0.1, -0.05) is 12.1 Å². The third kappa shape index (κ3) is 5.71. The number of hydrogen-bond donors (Lipinski definition) is 1. The van der Waals surface area contributed by atoms with Crippen LogP contribution in [-0.4, -0.2) is 71.7 Å². The van der Waals surface area contributed by atoms with Crippen molar-refractivity contribution < 1.29 is 22.7 Å². The molecule has 0 aromatic heterocycles. The van der Waals surface area contributed by atoms with E-state index in [0.29, 0.717) is 44.8 Å². The first-order valence-corrected chi connectivity index (χ1v) is 13.3. The second-order valence-electron chi connectivity index (χ2n) is 8.60. The minimum absolute atomic E-state index is 0.149. The highest BCUT2D eigenvalue weighted by molar-refractivity contribution is 7.89. The van der Waals surface area contributed by atoms with Crippen LogP contribution in [0.3, 0.4) is 0 Å². The lowest BCUT2D eigenvalue weighted by atomic mass is 10.1. The average molecular weight is 488 g/mol. The van der Waals surface area contributed by atoms with Crippen molar-refractivity contribution in [2.45, 2.75) is 30.6 Å². The van der Waals surface area contributed by atoms with Crippen LogP contribution in [0.2, 0.25) is 0 Å². The minimum Gasteiger partial charge on any atom is -0.497 e. The normalized spacial score (nSPS) is 17.4. The lowest BCUT2D eigenvalue weighted by Crippen LogP contribution is -2.40. The summed E-state index contributed by atoms with van der Waals surface area (Å²) in [6.45, 7) is 3.57. The molecule has 8 nitrogen and oxygen atoms in total. The van der Waals surface area contributed by atoms with Gasteiger partial charge in [-0.2, -0.15) is 4.31 Å². The summed E-state index contributed by atoms with van der Waals surface area (Å²) >= 11 is 0. The smallest absolute Gasteiger partial charge is 0.253 e. The van der Waals surface area contributed by atoms with Gasteiger partial charge < -0.3 is 19.7 Å². The molecule has 34 heavy (non-hydrogen) atoms. The molecule has 0 saturated carbocycles. The molecule has 0 bridgehead atoms. The Bertz CT molecular complexity index is 1080. The topological polar surface area (TPSA) is 88.2 Å². The van der Waals surface area contributed by atoms with E-state index in [1.54, 1.807) is 19.2 Å². The largest absolute Gasteiger partial charge is 0.497 e. The number of piperidine rings is 1. The lowest BCUT2D eigenvalue weighted by Gasteiger charge is -2.31. The molecular weight excluding hydrogens is 454 g/mol. The quantitative estimate of drug-likeness (QED) is 0.616. The van der Waals surface area contributed by atoms with E-state index in [-0.39, 0.29) is 10.8 Å². The molecule has 2 saturated heterocycles. The zero-order chi connectivity index (χ0) is 24.0. The first kappa shape index (κ1) is 24.5. The number of hydrogen-bond acceptors (Lipinski definition) is 6. The fourth-order valence-electron chi connectivity index (χ4n) is 4.41. The molecule has 2 aromatic rings. The number of rotatable bonds is 8. The Morgan fingerprint density at radius 1 is 1.00 bits per heavy atom. The van der Waals surface area contributed by atoms with Gasteiger partial charge in [0.2, 0.25) is 10.0 Å². The predicted molar refractivity (Wildman–Crippen MR) is 131 cm³/mol. The molecule has 0 spiro atoms. The van der Waals surface area contributed by atoms with Gasteiger partial charge in [-0.25, -0.2) is 8.42 Å². The van der Waals surface area contributed by atoms with E-state index in [1.165, 1.54) is 16.8 Å². The summed E-state index contributed by atoms with van der Waals surface area (Å²) in [6, 6.07) is 12.7. The van der Waals surface area contributed by atoms with Crippen molar-refractivity contribution in [3.05, 3.63) is 53.6 Å². The van der Waals surface area contributed by atoms with Crippen molar-refractivity contribution in [2.75, 3.05) is 57.9 Å². The predicted octanol–water partition coefficient (Wildman–Crippen LogP) is 2.68. The van der Waals surface area contributed by atoms with Crippen LogP contribution in [0.5, 0.6) is 5.75 Å². The van der Waals surface area contributed by atoms with Crippen LogP contribution in [0.25, 0.3) is 0 Å². The van der Waals surface area contributed by atoms with Gasteiger partial charge in [0.1, 0.15) is 5.75 Å². The van der Waals surface area contributed by atoms with Crippen LogP contribution >= 0.6 is 0 Å². The van der Waals surface area contributed by atoms with Crippen LogP contribution in [0.1, 0.15) is 35.2 Å². The van der Waals surface area contributed by atoms with Crippen LogP contribution < -0.4 is 15.0 Å². The summed E-state index contributed by atoms with van der Waals surface area (Å²) in [5.41, 5.74) is 2.29. The summed E-state index contributed by atoms with van der Waals surface area (Å²) in [7, 11) is -2.07. The summed E-state index contributed by atoms with van der Waals surface area (Å²) in [4.78, 5) is 15.6. The number of benzene rings is 2. The van der Waals surface area contributed by atoms with E-state index in [1.807, 2.05) is 24.3 Å². The lowest BCUT2D eigenvalue weighted by molar-refractivity contribution is 0.0730. The standard InChI is InChI=1S/C25H33N3O5S/c1-32-21-7-5-20(6-8-21)11-12-26-25(29)23-19-22(34(30,31)28-15-17-33-18-16-28)9-10-24(23)27-13-3-2-4-14-27/h5-10,19H,2-4,11-18H2,1H3,(H,26,29). The number of nitrogens with one attached hydrogen (secondary N) is 1. The van der Waals surface area contributed by atoms with Crippen molar-refractivity contribution >= 4 is 21.6 Å². The summed E-state index contributed by atoms with van der Waals surface area (Å²) in [6.07, 6.45) is 3.96. The number of morpholine rings is 1. The van der Waals surface area contributed by atoms with Gasteiger partial charge >= 0.3 is 0 Å². The Labute approximate surface area is 201 Å². The van der Waals surface area contributed by atoms with E-state index < -0.39 is 10.0 Å². The highest BCUT2D eigenvalue weighted by Gasteiger charge is 2.28. The van der Waals surface area contributed by atoms with E-state index in [9.17, 15) is 13.2 Å². The second kappa shape index (κ2) is 11.2. The molecule has 1 amide bonds. The number of amides is 1. The fourth-order valence-corrected chi connectivity index (χ4v) is 5.85. The van der Waals surface area contributed by atoms with Crippen molar-refractivity contribution in [1.82, 2.24) is 9.62 Å². The third-order valence-electron chi connectivity index (χ3n) is 6.38. The van der Waals surface area contributed by atoms with Gasteiger partial charge in [0, 0.05) is 38.4 Å². The zero-order valence-corrected chi connectivity index (χ0v) is 20.5. The van der Waals surface area contributed by atoms with Gasteiger partial charge in [0.25, 0.3) is 5.91 Å². The molecule has 0 atom stereocenters. The van der Waals surface area contributed by atoms with E-state index in [2.05, 4.69) is 10.2 Å². The number of methoxy groups -OCH3 is 1. The zero-order valence-electron chi connectivity index (χ0n) is 19.7. The Kier molecular flexibility index (Phi) is 8.07. The Hall–Kier alpha value is -2.62. The number of nitrogens with zero attached hydrogens (tertiary/aromatic N) is 2. The maximum absolute atomic E-state index is 13.3. The number of carbonyl (C=O) groups is 1. The first-order chi connectivity index (χ1) is 16.5. The van der Waals surface area contributed by atoms with E-state index >= 15 is 0 Å². The SMILES string of the molecule is COc1ccc(CCNC(=O)c2cc(S(=O)(=O)N3CCOCC3)ccc2N2CCCCC2)cc1. The van der Waals surface area contributed by atoms with Crippen LogP contribution in [0.4, 0.5) is 5.69 Å². The molecule has 184 valence electrons. The van der Waals surface area contributed by atoms with Crippen molar-refractivity contribution in [2.24, 2.45) is 0 Å². The van der Waals surface area contributed by atoms with Crippen LogP contribution in [0, 0.1) is 0 Å². The molecule has 1 N–H and O–H groups in total. The molecule has 0 unspecified atom stereocenters. The molecule has 2 aliphatic heterocycles. The van der Waals surface area contributed by atoms with E-state index in [0.717, 1.165) is 42.9 Å². The highest BCUT2D eigenvalue weighted by Crippen LogP contribution is 2.28. The number of carbonyl (C=O) groups excluding carboxylic acids is 1. The Morgan fingerprint density at radius 2 is 1.71 bits per heavy atom. The molecule has 2 aliphatic rings. The van der Waals surface area contributed by atoms with Crippen molar-refractivity contribution in [3.8, 4) is 5.75 Å². The fraction of sp³-hybridized carbons (Fsp3) is 0.480. The maximum Gasteiger partial charge on any atom is 0.253 e. The van der Waals surface area contributed by atoms with Crippen molar-refractivity contribution in [1.29, 1.82) is 0 Å². The van der Waals surface area contributed by atoms with Gasteiger partial charge in [-0.15, -0.1) is 0 Å². The third-order valence-corrected chi connectivity index (χ3v) is 8.27. The molecular formula is C25H33N3O5S. The summed E-state index contributed by atoms with van der Waals surface area (Å²) in [5.74, 6) is 0.533. The van der Waals surface area contributed by atoms with Gasteiger partial charge in [0.05, 0.1) is 30.8 Å². The molecule has 2 fully saturated rings. The first-order valence-electron chi connectivity index (χ1n) is 11.9. The van der Waals surface area contributed by atoms with E-state index in [4.69, 9.17) is 9.47 Å². The molecule has 2 aromatic carbocycles. The number of anilines is 1. The molecule has 4 rings (SSSR count). The molecule has 9 heteroatoms. The molecule has 2 heterocycles. The summed E-state index contributed by atoms with van der Waals surface area (Å²) in [5, 5.41) is 2.99. The Balaban J connectivity index is 1.54. The minimum atomic E-state index is -3.69. The van der Waals surface area contributed by atoms with Gasteiger partial charge in [-0.05, 0) is 61.6 Å². The monoisotopic (exact) mass is 487 g/mol. The van der Waals surface area contributed by atoms with Gasteiger partial charge in [-0.3, -0.25) is 4.79 Å². The number of ether oxygens (including phenoxy) is 2. The maximum atomic E-state index is 13.3. The average Bonchev–Trinajstić information content (AvgIpc) is 2.89. The van der Waals surface area contributed by atoms with Crippen molar-refractivity contribution in [3.63, 3.8) is 0 Å². The number of sulfonamides is 1. The summed E-state index contributed by atoms with van der Waals surface area (Å²) < 4.78 is 38.3. The van der Waals surface area contributed by atoms with Gasteiger partial charge in [0.15, 0.2) is 0 Å². The van der Waals surface area contributed by atoms with Crippen LogP contribution in [0.15, 0.2) is 47.4 Å². The highest BCUT2D eigenvalue weighted by atomic mass is 32.2. The molecule has 0 radical (unpaired) electrons. The van der Waals surface area contributed by atoms with Crippen LogP contribution in [-0.2, 0) is 21.2 Å². The second-order valence-corrected chi connectivity index (χ2v) is 10.5. The molecule has 0 aliphatic carbocycles. The Morgan fingerprint density at radius 3 is 2.38 bits per heavy atom.